The van der Waals surface area contributed by atoms with Gasteiger partial charge in [-0.1, -0.05) is 20.8 Å². The number of halogens is 6. The molecule has 6 atom stereocenters. The summed E-state index contributed by atoms with van der Waals surface area (Å²) in [7, 11) is -4.38. The summed E-state index contributed by atoms with van der Waals surface area (Å²) in [6.07, 6.45) is -5.38. The Balaban J connectivity index is 2.00. The van der Waals surface area contributed by atoms with Crippen LogP contribution in [0.5, 0.6) is 0 Å². The maximum absolute atomic E-state index is 15.1. The summed E-state index contributed by atoms with van der Waals surface area (Å²) in [6, 6.07) is -6.56. The molecule has 0 aromatic rings. The maximum atomic E-state index is 15.1. The van der Waals surface area contributed by atoms with Crippen LogP contribution in [0.2, 0.25) is 0 Å². The molecule has 2 bridgehead atoms. The second-order valence-corrected chi connectivity index (χ2v) is 14.1. The van der Waals surface area contributed by atoms with Gasteiger partial charge in [-0.3, -0.25) is 19.2 Å². The van der Waals surface area contributed by atoms with Gasteiger partial charge in [0.15, 0.2) is 0 Å². The van der Waals surface area contributed by atoms with Gasteiger partial charge in [-0.25, -0.2) is 17.2 Å². The van der Waals surface area contributed by atoms with Crippen molar-refractivity contribution in [3.05, 3.63) is 11.2 Å². The molecule has 238 valence electrons. The third-order valence-corrected chi connectivity index (χ3v) is 8.66. The van der Waals surface area contributed by atoms with E-state index < -0.39 is 98.6 Å². The highest BCUT2D eigenvalue weighted by atomic mass is 32.2. The van der Waals surface area contributed by atoms with E-state index in [-0.39, 0.29) is 32.2 Å². The maximum Gasteiger partial charge on any atom is 0.471 e. The van der Waals surface area contributed by atoms with E-state index in [1.165, 1.54) is 20.8 Å². The molecule has 4 rings (SSSR count). The zero-order chi connectivity index (χ0) is 32.0. The first-order valence-electron chi connectivity index (χ1n) is 13.3. The largest absolute Gasteiger partial charge is 0.471 e. The summed E-state index contributed by atoms with van der Waals surface area (Å²) in [5, 5.41) is 4.81. The van der Waals surface area contributed by atoms with Gasteiger partial charge in [-0.05, 0) is 37.2 Å². The highest BCUT2D eigenvalue weighted by molar-refractivity contribution is 7.94. The first-order valence-corrected chi connectivity index (χ1v) is 15.2. The van der Waals surface area contributed by atoms with Crippen molar-refractivity contribution >= 4 is 33.5 Å². The molecule has 3 saturated heterocycles. The Bertz CT molecular complexity index is 1250. The van der Waals surface area contributed by atoms with Gasteiger partial charge < -0.3 is 20.9 Å². The van der Waals surface area contributed by atoms with E-state index in [1.54, 1.807) is 5.32 Å². The number of hydrogen-bond donors (Lipinski definition) is 3. The molecule has 4 amide bonds. The number of carbonyl (C=O) groups is 4. The first-order chi connectivity index (χ1) is 19.0. The lowest BCUT2D eigenvalue weighted by atomic mass is 9.70. The summed E-state index contributed by atoms with van der Waals surface area (Å²) >= 11 is 0. The van der Waals surface area contributed by atoms with Crippen LogP contribution < -0.4 is 16.0 Å². The molecule has 0 unspecified atom stereocenters. The molecule has 1 saturated carbocycles. The van der Waals surface area contributed by atoms with Crippen LogP contribution in [-0.2, 0) is 29.0 Å². The van der Waals surface area contributed by atoms with E-state index in [0.29, 0.717) is 12.3 Å². The highest BCUT2D eigenvalue weighted by Gasteiger charge is 2.61. The summed E-state index contributed by atoms with van der Waals surface area (Å²) in [5.74, 6) is -11.3. The molecule has 0 spiro atoms. The topological polar surface area (TPSA) is 142 Å². The predicted molar refractivity (Wildman–Crippen MR) is 136 cm³/mol. The number of rotatable bonds is 8. The number of hydrogen-bond acceptors (Lipinski definition) is 6. The van der Waals surface area contributed by atoms with Gasteiger partial charge in [0.1, 0.15) is 12.1 Å². The number of fused-ring (bicyclic) bond motifs is 3. The Kier molecular flexibility index (Phi) is 9.36. The van der Waals surface area contributed by atoms with E-state index in [1.807, 2.05) is 0 Å². The molecule has 0 radical (unpaired) electrons. The number of nitrogens with one attached hydrogen (secondary N) is 3. The lowest BCUT2D eigenvalue weighted by Crippen LogP contribution is -2.71. The molecular formula is C25H34F6N4O6S. The third-order valence-electron chi connectivity index (χ3n) is 7.82. The number of carbonyl (C=O) groups excluding carboxylic acids is 4. The smallest absolute Gasteiger partial charge is 0.356 e. The van der Waals surface area contributed by atoms with Crippen molar-refractivity contribution in [2.24, 2.45) is 17.3 Å². The quantitative estimate of drug-likeness (QED) is 0.350. The fourth-order valence-corrected chi connectivity index (χ4v) is 6.14. The first kappa shape index (κ1) is 33.6. The third kappa shape index (κ3) is 7.37. The molecule has 1 aliphatic carbocycles. The lowest BCUT2D eigenvalue weighted by molar-refractivity contribution is -0.197. The average molecular weight is 633 g/mol. The van der Waals surface area contributed by atoms with Crippen LogP contribution in [0.25, 0.3) is 0 Å². The van der Waals surface area contributed by atoms with Gasteiger partial charge in [-0.2, -0.15) is 17.6 Å². The minimum Gasteiger partial charge on any atom is -0.356 e. The number of nitrogens with zero attached hydrogens (tertiary/aromatic N) is 1. The molecule has 3 aliphatic heterocycles. The molecule has 17 heteroatoms. The normalized spacial score (nSPS) is 27.7. The van der Waals surface area contributed by atoms with E-state index >= 15 is 8.78 Å². The molecule has 42 heavy (non-hydrogen) atoms. The summed E-state index contributed by atoms with van der Waals surface area (Å²) < 4.78 is 107. The van der Waals surface area contributed by atoms with Crippen LogP contribution in [0.15, 0.2) is 11.2 Å². The lowest BCUT2D eigenvalue weighted by Gasteiger charge is -2.55. The van der Waals surface area contributed by atoms with E-state index in [0.717, 1.165) is 4.90 Å². The van der Waals surface area contributed by atoms with Crippen molar-refractivity contribution in [2.45, 2.75) is 89.1 Å². The van der Waals surface area contributed by atoms with Crippen molar-refractivity contribution in [1.29, 1.82) is 0 Å². The summed E-state index contributed by atoms with van der Waals surface area (Å²) in [6.45, 7) is 4.31. The van der Waals surface area contributed by atoms with Gasteiger partial charge >= 0.3 is 12.1 Å². The van der Waals surface area contributed by atoms with Crippen LogP contribution in [-0.4, -0.2) is 86.0 Å². The van der Waals surface area contributed by atoms with Crippen LogP contribution in [0.1, 0.15) is 52.9 Å². The summed E-state index contributed by atoms with van der Waals surface area (Å²) in [5.41, 5.74) is -1.35. The standard InChI is InChI=1S/C25H34F6N4O6S/c1-23(2,3)18(34-22(39)25(29,30)31)21(38)35-14-5-6-15(24(27,28)11-14)17(35)20(37)33-13(10-16(26)42(4,40)41)9-12-7-8-32-19(12)36/h10,12-15,17-18H,5-9,11H2,1-4H3,(H,32,36)(H,33,37)(H,34,39)/b16-10-/t12-,13-,14-,15-,17-,18-/m1/s1. The fourth-order valence-electron chi connectivity index (χ4n) is 5.73. The number of piperidine rings is 2. The summed E-state index contributed by atoms with van der Waals surface area (Å²) in [4.78, 5) is 52.0. The molecule has 0 aromatic heterocycles. The van der Waals surface area contributed by atoms with Crippen molar-refractivity contribution in [2.75, 3.05) is 12.8 Å². The predicted octanol–water partition coefficient (Wildman–Crippen LogP) is 1.96. The zero-order valence-electron chi connectivity index (χ0n) is 23.4. The van der Waals surface area contributed by atoms with Gasteiger partial charge in [0.05, 0.1) is 12.0 Å². The van der Waals surface area contributed by atoms with E-state index in [9.17, 15) is 45.2 Å². The Morgan fingerprint density at radius 1 is 1.12 bits per heavy atom. The minimum atomic E-state index is -5.36. The fraction of sp³-hybridized carbons (Fsp3) is 0.760. The number of alkyl halides is 5. The number of sulfone groups is 1. The molecule has 3 N–H and O–H groups in total. The van der Waals surface area contributed by atoms with E-state index in [2.05, 4.69) is 10.6 Å². The Morgan fingerprint density at radius 2 is 1.74 bits per heavy atom. The SMILES string of the molecule is CC(C)(C)[C@H](NC(=O)C(F)(F)F)C(=O)N1[C@@H]2CC[C@H]([C@@H]1C(=O)N[C@@H](/C=C(/F)S(C)(=O)=O)C[C@H]1CCNC1=O)C(F)(F)C2. The van der Waals surface area contributed by atoms with E-state index in [4.69, 9.17) is 0 Å². The van der Waals surface area contributed by atoms with Gasteiger partial charge in [0.25, 0.3) is 5.92 Å². The van der Waals surface area contributed by atoms with Crippen molar-refractivity contribution in [3.8, 4) is 0 Å². The zero-order valence-corrected chi connectivity index (χ0v) is 24.2. The second kappa shape index (κ2) is 11.7. The van der Waals surface area contributed by atoms with Gasteiger partial charge in [0.2, 0.25) is 32.7 Å². The molecule has 4 aliphatic rings. The Hall–Kier alpha value is -2.85. The average Bonchev–Trinajstić information content (AvgIpc) is 3.22. The second-order valence-electron chi connectivity index (χ2n) is 12.1. The van der Waals surface area contributed by atoms with Crippen molar-refractivity contribution < 1.29 is 53.9 Å². The highest BCUT2D eigenvalue weighted by Crippen LogP contribution is 2.49. The molecule has 10 nitrogen and oxygen atoms in total. The van der Waals surface area contributed by atoms with Gasteiger partial charge in [0, 0.05) is 31.2 Å². The van der Waals surface area contributed by atoms with Crippen molar-refractivity contribution in [3.63, 3.8) is 0 Å². The molecular weight excluding hydrogens is 598 g/mol. The van der Waals surface area contributed by atoms with Crippen LogP contribution >= 0.6 is 0 Å². The molecule has 3 heterocycles. The number of amides is 4. The molecule has 0 aromatic carbocycles. The monoisotopic (exact) mass is 632 g/mol. The van der Waals surface area contributed by atoms with Crippen LogP contribution in [0.3, 0.4) is 0 Å². The Labute approximate surface area is 238 Å². The molecule has 4 fully saturated rings. The minimum absolute atomic E-state index is 0.00808. The van der Waals surface area contributed by atoms with Gasteiger partial charge in [-0.15, -0.1) is 0 Å². The van der Waals surface area contributed by atoms with Crippen molar-refractivity contribution in [1.82, 2.24) is 20.9 Å². The van der Waals surface area contributed by atoms with Crippen LogP contribution in [0.4, 0.5) is 26.3 Å². The van der Waals surface area contributed by atoms with Crippen LogP contribution in [0, 0.1) is 17.3 Å². The Morgan fingerprint density at radius 3 is 2.21 bits per heavy atom.